The van der Waals surface area contributed by atoms with E-state index in [-0.39, 0.29) is 5.56 Å². The van der Waals surface area contributed by atoms with E-state index in [1.165, 1.54) is 23.0 Å². The molecule has 0 unspecified atom stereocenters. The van der Waals surface area contributed by atoms with Gasteiger partial charge in [0.25, 0.3) is 5.56 Å². The van der Waals surface area contributed by atoms with E-state index in [4.69, 9.17) is 0 Å². The van der Waals surface area contributed by atoms with Crippen LogP contribution >= 0.6 is 0 Å². The summed E-state index contributed by atoms with van der Waals surface area (Å²) in [6.45, 7) is 0.550. The number of fused-ring (bicyclic) bond motifs is 1. The van der Waals surface area contributed by atoms with Gasteiger partial charge in [-0.1, -0.05) is 42.5 Å². The predicted octanol–water partition coefficient (Wildman–Crippen LogP) is 2.44. The minimum atomic E-state index is -0.0297. The van der Waals surface area contributed by atoms with Gasteiger partial charge in [-0.3, -0.25) is 9.36 Å². The highest BCUT2D eigenvalue weighted by molar-refractivity contribution is 5.85. The molecule has 3 heteroatoms. The van der Waals surface area contributed by atoms with Crippen molar-refractivity contribution in [1.29, 1.82) is 0 Å². The van der Waals surface area contributed by atoms with Crippen molar-refractivity contribution in [2.45, 2.75) is 6.54 Å². The molecule has 0 bridgehead atoms. The maximum absolute atomic E-state index is 11.7. The molecule has 3 nitrogen and oxygen atoms in total. The third kappa shape index (κ3) is 1.91. The Morgan fingerprint density at radius 3 is 2.72 bits per heavy atom. The molecule has 0 atom stereocenters. The molecule has 0 aliphatic carbocycles. The molecular weight excluding hydrogens is 224 g/mol. The van der Waals surface area contributed by atoms with E-state index in [2.05, 4.69) is 23.2 Å². The van der Waals surface area contributed by atoms with Crippen LogP contribution in [0.25, 0.3) is 10.8 Å². The average molecular weight is 236 g/mol. The average Bonchev–Trinajstić information content (AvgIpc) is 2.42. The third-order valence-corrected chi connectivity index (χ3v) is 3.01. The normalized spacial score (nSPS) is 10.7. The molecule has 0 N–H and O–H groups in total. The first-order chi connectivity index (χ1) is 8.84. The molecule has 3 aromatic rings. The monoisotopic (exact) mass is 236 g/mol. The second kappa shape index (κ2) is 4.45. The predicted molar refractivity (Wildman–Crippen MR) is 71.5 cm³/mol. The van der Waals surface area contributed by atoms with Crippen LogP contribution in [0.15, 0.2) is 65.8 Å². The molecule has 0 saturated heterocycles. The van der Waals surface area contributed by atoms with Gasteiger partial charge in [-0.2, -0.15) is 0 Å². The lowest BCUT2D eigenvalue weighted by Crippen LogP contribution is -2.19. The summed E-state index contributed by atoms with van der Waals surface area (Å²) in [5.74, 6) is 0. The molecule has 0 aliphatic heterocycles. The minimum absolute atomic E-state index is 0.0297. The van der Waals surface area contributed by atoms with Crippen LogP contribution in [0.1, 0.15) is 5.56 Å². The van der Waals surface area contributed by atoms with Crippen LogP contribution in [0.4, 0.5) is 0 Å². The van der Waals surface area contributed by atoms with Crippen molar-refractivity contribution in [3.63, 3.8) is 0 Å². The summed E-state index contributed by atoms with van der Waals surface area (Å²) < 4.78 is 1.61. The van der Waals surface area contributed by atoms with E-state index in [9.17, 15) is 4.79 Å². The molecule has 88 valence electrons. The van der Waals surface area contributed by atoms with Gasteiger partial charge >= 0.3 is 0 Å². The van der Waals surface area contributed by atoms with Crippen molar-refractivity contribution < 1.29 is 0 Å². The smallest absolute Gasteiger partial charge is 0.253 e. The van der Waals surface area contributed by atoms with Crippen LogP contribution in [0, 0.1) is 0 Å². The van der Waals surface area contributed by atoms with Gasteiger partial charge in [-0.25, -0.2) is 4.98 Å². The Kier molecular flexibility index (Phi) is 2.65. The first-order valence-electron chi connectivity index (χ1n) is 5.82. The minimum Gasteiger partial charge on any atom is -0.295 e. The van der Waals surface area contributed by atoms with Crippen LogP contribution in [0.3, 0.4) is 0 Å². The fourth-order valence-electron chi connectivity index (χ4n) is 2.11. The zero-order valence-electron chi connectivity index (χ0n) is 9.78. The number of aromatic nitrogens is 2. The fourth-order valence-corrected chi connectivity index (χ4v) is 2.11. The summed E-state index contributed by atoms with van der Waals surface area (Å²) in [5, 5.41) is 2.36. The number of rotatable bonds is 2. The molecule has 0 saturated carbocycles. The fraction of sp³-hybridized carbons (Fsp3) is 0.0667. The molecule has 18 heavy (non-hydrogen) atoms. The van der Waals surface area contributed by atoms with Crippen molar-refractivity contribution in [2.75, 3.05) is 0 Å². The van der Waals surface area contributed by atoms with E-state index in [1.807, 2.05) is 24.3 Å². The van der Waals surface area contributed by atoms with Crippen molar-refractivity contribution in [3.05, 3.63) is 77.0 Å². The Morgan fingerprint density at radius 2 is 1.83 bits per heavy atom. The van der Waals surface area contributed by atoms with Gasteiger partial charge in [0.2, 0.25) is 0 Å². The lowest BCUT2D eigenvalue weighted by Gasteiger charge is -2.08. The Labute approximate surface area is 104 Å². The Bertz CT molecular complexity index is 741. The topological polar surface area (TPSA) is 34.9 Å². The Hall–Kier alpha value is -2.42. The molecule has 2 aromatic carbocycles. The second-order valence-electron chi connectivity index (χ2n) is 4.18. The van der Waals surface area contributed by atoms with Gasteiger partial charge in [0.1, 0.15) is 0 Å². The Balaban J connectivity index is 2.11. The highest BCUT2D eigenvalue weighted by atomic mass is 16.1. The van der Waals surface area contributed by atoms with Crippen LogP contribution in [-0.4, -0.2) is 9.55 Å². The zero-order chi connectivity index (χ0) is 12.4. The van der Waals surface area contributed by atoms with Gasteiger partial charge in [-0.15, -0.1) is 0 Å². The van der Waals surface area contributed by atoms with Crippen molar-refractivity contribution in [1.82, 2.24) is 9.55 Å². The van der Waals surface area contributed by atoms with E-state index < -0.39 is 0 Å². The SMILES string of the molecule is O=c1ccncn1Cc1cccc2ccccc12. The van der Waals surface area contributed by atoms with Gasteiger partial charge in [0.15, 0.2) is 0 Å². The second-order valence-corrected chi connectivity index (χ2v) is 4.18. The van der Waals surface area contributed by atoms with Crippen LogP contribution < -0.4 is 5.56 Å². The first kappa shape index (κ1) is 10.7. The number of nitrogens with zero attached hydrogens (tertiary/aromatic N) is 2. The van der Waals surface area contributed by atoms with Crippen LogP contribution in [0.2, 0.25) is 0 Å². The first-order valence-corrected chi connectivity index (χ1v) is 5.82. The zero-order valence-corrected chi connectivity index (χ0v) is 9.78. The van der Waals surface area contributed by atoms with Crippen molar-refractivity contribution >= 4 is 10.8 Å². The van der Waals surface area contributed by atoms with E-state index in [0.717, 1.165) is 5.56 Å². The molecule has 1 aromatic heterocycles. The summed E-state index contributed by atoms with van der Waals surface area (Å²) in [6.07, 6.45) is 3.09. The maximum atomic E-state index is 11.7. The summed E-state index contributed by atoms with van der Waals surface area (Å²) in [6, 6.07) is 15.8. The standard InChI is InChI=1S/C15H12N2O/c18-15-8-9-16-11-17(15)10-13-6-3-5-12-4-1-2-7-14(12)13/h1-9,11H,10H2. The molecule has 0 amide bonds. The molecule has 0 spiro atoms. The molecule has 0 fully saturated rings. The quantitative estimate of drug-likeness (QED) is 0.685. The Morgan fingerprint density at radius 1 is 1.00 bits per heavy atom. The van der Waals surface area contributed by atoms with E-state index >= 15 is 0 Å². The lowest BCUT2D eigenvalue weighted by molar-refractivity contribution is 0.740. The highest BCUT2D eigenvalue weighted by Crippen LogP contribution is 2.18. The van der Waals surface area contributed by atoms with Crippen LogP contribution in [-0.2, 0) is 6.54 Å². The van der Waals surface area contributed by atoms with Gasteiger partial charge in [-0.05, 0) is 16.3 Å². The van der Waals surface area contributed by atoms with E-state index in [1.54, 1.807) is 10.9 Å². The molecule has 1 heterocycles. The largest absolute Gasteiger partial charge is 0.295 e. The summed E-state index contributed by atoms with van der Waals surface area (Å²) >= 11 is 0. The number of benzene rings is 2. The van der Waals surface area contributed by atoms with Crippen molar-refractivity contribution in [2.24, 2.45) is 0 Å². The summed E-state index contributed by atoms with van der Waals surface area (Å²) in [5.41, 5.74) is 1.10. The van der Waals surface area contributed by atoms with Crippen molar-refractivity contribution in [3.8, 4) is 0 Å². The lowest BCUT2D eigenvalue weighted by atomic mass is 10.0. The number of hydrogen-bond donors (Lipinski definition) is 0. The maximum Gasteiger partial charge on any atom is 0.253 e. The molecule has 3 rings (SSSR count). The van der Waals surface area contributed by atoms with Gasteiger partial charge in [0, 0.05) is 12.3 Å². The summed E-state index contributed by atoms with van der Waals surface area (Å²) in [7, 11) is 0. The van der Waals surface area contributed by atoms with Crippen LogP contribution in [0.5, 0.6) is 0 Å². The molecule has 0 radical (unpaired) electrons. The third-order valence-electron chi connectivity index (χ3n) is 3.01. The van der Waals surface area contributed by atoms with Gasteiger partial charge < -0.3 is 0 Å². The summed E-state index contributed by atoms with van der Waals surface area (Å²) in [4.78, 5) is 15.7. The molecule has 0 aliphatic rings. The number of hydrogen-bond acceptors (Lipinski definition) is 2. The van der Waals surface area contributed by atoms with Gasteiger partial charge in [0.05, 0.1) is 12.9 Å². The highest BCUT2D eigenvalue weighted by Gasteiger charge is 2.02. The van der Waals surface area contributed by atoms with E-state index in [0.29, 0.717) is 6.54 Å². The molecular formula is C15H12N2O.